The zero-order chi connectivity index (χ0) is 10.1. The van der Waals surface area contributed by atoms with Gasteiger partial charge in [-0.05, 0) is 12.1 Å². The maximum Gasteiger partial charge on any atom is 0.155 e. The molecule has 0 fully saturated rings. The van der Waals surface area contributed by atoms with Gasteiger partial charge in [0.2, 0.25) is 0 Å². The van der Waals surface area contributed by atoms with Gasteiger partial charge in [-0.1, -0.05) is 29.3 Å². The lowest BCUT2D eigenvalue weighted by atomic mass is 10.2. The molecule has 0 unspecified atom stereocenters. The molecule has 71 valence electrons. The maximum atomic E-state index is 10.9. The molecular weight excluding hydrogens is 231 g/mol. The van der Waals surface area contributed by atoms with E-state index >= 15 is 0 Å². The van der Waals surface area contributed by atoms with Crippen LogP contribution >= 0.6 is 23.2 Å². The van der Waals surface area contributed by atoms with Gasteiger partial charge in [0.15, 0.2) is 9.84 Å². The van der Waals surface area contributed by atoms with Crippen LogP contribution in [0.15, 0.2) is 18.2 Å². The fraction of sp³-hybridized carbons (Fsp3) is 0.125. The number of hydrogen-bond acceptors (Lipinski definition) is 2. The van der Waals surface area contributed by atoms with Crippen molar-refractivity contribution in [3.63, 3.8) is 0 Å². The fourth-order valence-electron chi connectivity index (χ4n) is 0.890. The van der Waals surface area contributed by atoms with Crippen molar-refractivity contribution in [2.24, 2.45) is 0 Å². The Morgan fingerprint density at radius 1 is 1.23 bits per heavy atom. The summed E-state index contributed by atoms with van der Waals surface area (Å²) in [7, 11) is -3.34. The van der Waals surface area contributed by atoms with Gasteiger partial charge in [0, 0.05) is 15.6 Å². The largest absolute Gasteiger partial charge is 0.228 e. The van der Waals surface area contributed by atoms with Crippen LogP contribution < -0.4 is 0 Å². The second-order valence-electron chi connectivity index (χ2n) is 2.59. The van der Waals surface area contributed by atoms with Crippen LogP contribution in [0, 0.1) is 6.26 Å². The molecular formula is C8H7Cl2O2S. The minimum absolute atomic E-state index is 0.231. The Balaban J connectivity index is 3.15. The minimum Gasteiger partial charge on any atom is -0.228 e. The van der Waals surface area contributed by atoms with Crippen molar-refractivity contribution in [1.29, 1.82) is 0 Å². The molecule has 0 saturated heterocycles. The molecule has 5 heteroatoms. The summed E-state index contributed by atoms with van der Waals surface area (Å²) in [5.41, 5.74) is 0.404. The molecule has 0 bridgehead atoms. The molecule has 0 aliphatic rings. The third kappa shape index (κ3) is 3.18. The van der Waals surface area contributed by atoms with E-state index in [9.17, 15) is 8.42 Å². The topological polar surface area (TPSA) is 34.1 Å². The molecule has 1 aromatic rings. The molecule has 0 spiro atoms. The lowest BCUT2D eigenvalue weighted by Gasteiger charge is -2.04. The lowest BCUT2D eigenvalue weighted by molar-refractivity contribution is 0.603. The van der Waals surface area contributed by atoms with E-state index in [4.69, 9.17) is 23.2 Å². The van der Waals surface area contributed by atoms with E-state index < -0.39 is 9.84 Å². The van der Waals surface area contributed by atoms with Gasteiger partial charge in [0.1, 0.15) is 0 Å². The summed E-state index contributed by atoms with van der Waals surface area (Å²) >= 11 is 11.5. The molecule has 0 atom stereocenters. The van der Waals surface area contributed by atoms with Crippen LogP contribution in [0.25, 0.3) is 0 Å². The molecule has 2 nitrogen and oxygen atoms in total. The highest BCUT2D eigenvalue weighted by molar-refractivity contribution is 7.91. The van der Waals surface area contributed by atoms with E-state index in [1.54, 1.807) is 18.2 Å². The normalized spacial score (nSPS) is 11.6. The second kappa shape index (κ2) is 3.86. The van der Waals surface area contributed by atoms with Crippen molar-refractivity contribution in [3.8, 4) is 0 Å². The van der Waals surface area contributed by atoms with Gasteiger partial charge in [-0.25, -0.2) is 8.42 Å². The minimum atomic E-state index is -3.34. The lowest BCUT2D eigenvalue weighted by Crippen LogP contribution is -1.99. The molecule has 0 aliphatic heterocycles. The van der Waals surface area contributed by atoms with Crippen molar-refractivity contribution < 1.29 is 8.42 Å². The van der Waals surface area contributed by atoms with Gasteiger partial charge in [-0.15, -0.1) is 0 Å². The molecule has 1 aromatic carbocycles. The van der Waals surface area contributed by atoms with E-state index in [2.05, 4.69) is 6.26 Å². The van der Waals surface area contributed by atoms with Crippen LogP contribution in [-0.2, 0) is 15.6 Å². The standard InChI is InChI=1S/C8H7Cl2O2S/c1-13(11,12)5-6-7(9)3-2-4-8(6)10/h2-4H,1,5H2. The highest BCUT2D eigenvalue weighted by atomic mass is 35.5. The van der Waals surface area contributed by atoms with Gasteiger partial charge in [-0.2, -0.15) is 0 Å². The molecule has 0 amide bonds. The highest BCUT2D eigenvalue weighted by Gasteiger charge is 2.11. The van der Waals surface area contributed by atoms with Gasteiger partial charge in [0.05, 0.1) is 12.0 Å². The molecule has 0 N–H and O–H groups in total. The molecule has 0 heterocycles. The van der Waals surface area contributed by atoms with Crippen molar-refractivity contribution in [2.75, 3.05) is 0 Å². The summed E-state index contributed by atoms with van der Waals surface area (Å²) in [5, 5.41) is 0.694. The Bertz CT molecular complexity index is 392. The first-order valence-corrected chi connectivity index (χ1v) is 5.96. The van der Waals surface area contributed by atoms with Gasteiger partial charge >= 0.3 is 0 Å². The van der Waals surface area contributed by atoms with Crippen LogP contribution in [-0.4, -0.2) is 8.42 Å². The van der Waals surface area contributed by atoms with Crippen LogP contribution in [0.1, 0.15) is 5.56 Å². The van der Waals surface area contributed by atoms with Crippen LogP contribution in [0.5, 0.6) is 0 Å². The number of rotatable bonds is 2. The predicted molar refractivity (Wildman–Crippen MR) is 54.4 cm³/mol. The first kappa shape index (κ1) is 10.8. The maximum absolute atomic E-state index is 10.9. The van der Waals surface area contributed by atoms with Crippen LogP contribution in [0.3, 0.4) is 0 Å². The Morgan fingerprint density at radius 3 is 2.08 bits per heavy atom. The average molecular weight is 238 g/mol. The summed E-state index contributed by atoms with van der Waals surface area (Å²) in [5.74, 6) is -0.231. The zero-order valence-corrected chi connectivity index (χ0v) is 8.96. The Morgan fingerprint density at radius 2 is 1.69 bits per heavy atom. The molecule has 0 saturated carbocycles. The Labute approximate surface area is 87.4 Å². The molecule has 1 rings (SSSR count). The number of sulfone groups is 1. The SMILES string of the molecule is [CH2]S(=O)(=O)Cc1c(Cl)cccc1Cl. The third-order valence-electron chi connectivity index (χ3n) is 1.43. The number of hydrogen-bond donors (Lipinski definition) is 0. The van der Waals surface area contributed by atoms with Gasteiger partial charge in [0.25, 0.3) is 0 Å². The van der Waals surface area contributed by atoms with Crippen LogP contribution in [0.4, 0.5) is 0 Å². The quantitative estimate of drug-likeness (QED) is 0.793. The molecule has 0 aliphatic carbocycles. The first-order valence-electron chi connectivity index (χ1n) is 3.39. The number of benzene rings is 1. The Hall–Kier alpha value is -0.250. The monoisotopic (exact) mass is 237 g/mol. The van der Waals surface area contributed by atoms with E-state index in [0.29, 0.717) is 15.6 Å². The van der Waals surface area contributed by atoms with E-state index in [0.717, 1.165) is 0 Å². The molecule has 0 aromatic heterocycles. The average Bonchev–Trinajstić information content (AvgIpc) is 1.95. The smallest absolute Gasteiger partial charge is 0.155 e. The van der Waals surface area contributed by atoms with Crippen molar-refractivity contribution in [1.82, 2.24) is 0 Å². The van der Waals surface area contributed by atoms with Crippen molar-refractivity contribution >= 4 is 33.0 Å². The molecule has 13 heavy (non-hydrogen) atoms. The fourth-order valence-corrected chi connectivity index (χ4v) is 2.33. The highest BCUT2D eigenvalue weighted by Crippen LogP contribution is 2.25. The summed E-state index contributed by atoms with van der Waals surface area (Å²) in [4.78, 5) is 0. The second-order valence-corrected chi connectivity index (χ2v) is 5.18. The zero-order valence-electron chi connectivity index (χ0n) is 6.63. The van der Waals surface area contributed by atoms with Crippen molar-refractivity contribution in [2.45, 2.75) is 5.75 Å². The Kier molecular flexibility index (Phi) is 3.22. The first-order chi connectivity index (χ1) is 5.90. The third-order valence-corrected chi connectivity index (χ3v) is 2.86. The van der Waals surface area contributed by atoms with E-state index in [-0.39, 0.29) is 5.75 Å². The summed E-state index contributed by atoms with van der Waals surface area (Å²) < 4.78 is 21.8. The summed E-state index contributed by atoms with van der Waals surface area (Å²) in [6, 6.07) is 4.84. The van der Waals surface area contributed by atoms with E-state index in [1.165, 1.54) is 0 Å². The predicted octanol–water partition coefficient (Wildman–Crippen LogP) is 2.70. The van der Waals surface area contributed by atoms with Gasteiger partial charge < -0.3 is 0 Å². The number of halogens is 2. The van der Waals surface area contributed by atoms with Crippen LogP contribution in [0.2, 0.25) is 10.0 Å². The summed E-state index contributed by atoms with van der Waals surface area (Å²) in [6.45, 7) is 0. The van der Waals surface area contributed by atoms with E-state index in [1.807, 2.05) is 0 Å². The van der Waals surface area contributed by atoms with Crippen molar-refractivity contribution in [3.05, 3.63) is 40.1 Å². The summed E-state index contributed by atoms with van der Waals surface area (Å²) in [6.07, 6.45) is 3.00. The van der Waals surface area contributed by atoms with Gasteiger partial charge in [-0.3, -0.25) is 0 Å². The molecule has 1 radical (unpaired) electrons.